The first-order valence-electron chi connectivity index (χ1n) is 13.7. The molecule has 234 valence electrons. The van der Waals surface area contributed by atoms with Gasteiger partial charge in [0.1, 0.15) is 11.5 Å². The maximum absolute atomic E-state index is 13.6. The third-order valence-corrected chi connectivity index (χ3v) is 6.57. The molecule has 0 bridgehead atoms. The number of benzene rings is 4. The second-order valence-electron chi connectivity index (χ2n) is 9.74. The quantitative estimate of drug-likeness (QED) is 0.195. The van der Waals surface area contributed by atoms with Crippen molar-refractivity contribution in [2.75, 3.05) is 12.0 Å². The van der Waals surface area contributed by atoms with Crippen LogP contribution < -0.4 is 25.6 Å². The van der Waals surface area contributed by atoms with Crippen LogP contribution in [0.3, 0.4) is 0 Å². The predicted molar refractivity (Wildman–Crippen MR) is 160 cm³/mol. The van der Waals surface area contributed by atoms with Gasteiger partial charge < -0.3 is 24.9 Å². The number of anilines is 1. The Labute approximate surface area is 257 Å². The summed E-state index contributed by atoms with van der Waals surface area (Å²) in [6, 6.07) is 29.0. The van der Waals surface area contributed by atoms with Gasteiger partial charge in [0.15, 0.2) is 5.75 Å². The van der Waals surface area contributed by atoms with Crippen molar-refractivity contribution in [3.63, 3.8) is 0 Å². The molecule has 0 saturated heterocycles. The lowest BCUT2D eigenvalue weighted by molar-refractivity contribution is -0.207. The van der Waals surface area contributed by atoms with Crippen LogP contribution in [-0.4, -0.2) is 31.1 Å². The lowest BCUT2D eigenvalue weighted by Crippen LogP contribution is -2.36. The molecule has 2 amide bonds. The van der Waals surface area contributed by atoms with E-state index >= 15 is 0 Å². The van der Waals surface area contributed by atoms with E-state index in [0.717, 1.165) is 22.3 Å². The Morgan fingerprint density at radius 3 is 2.22 bits per heavy atom. The van der Waals surface area contributed by atoms with Gasteiger partial charge in [0.25, 0.3) is 5.91 Å². The summed E-state index contributed by atoms with van der Waals surface area (Å²) in [4.78, 5) is 41.8. The fraction of sp³-hybridized carbons (Fsp3) is 0.182. The summed E-state index contributed by atoms with van der Waals surface area (Å²) in [6.07, 6.45) is -6.24. The standard InChI is InChI=1S/C33H30F3N3O6/c1-43-26-8-5-7-25(19-26)24-14-12-22(13-15-24)21-39(31(41)17-16-30(40)38-45-32(42)33(34,35)36)28-10-2-3-11-29(28)44-27-9-4-6-23(18-27)20-37/h2-15,18-19H,16-17,20-21,37H2,1H3,(H,38,40). The molecular formula is C33H30F3N3O6. The van der Waals surface area contributed by atoms with Gasteiger partial charge in [0, 0.05) is 19.4 Å². The molecule has 0 spiro atoms. The van der Waals surface area contributed by atoms with Crippen molar-refractivity contribution < 1.29 is 41.9 Å². The first kappa shape index (κ1) is 32.6. The number of nitrogens with two attached hydrogens (primary N) is 1. The highest BCUT2D eigenvalue weighted by molar-refractivity contribution is 5.96. The Morgan fingerprint density at radius 2 is 1.51 bits per heavy atom. The third-order valence-electron chi connectivity index (χ3n) is 6.57. The number of carbonyl (C=O) groups is 3. The summed E-state index contributed by atoms with van der Waals surface area (Å²) in [5.41, 5.74) is 11.0. The summed E-state index contributed by atoms with van der Waals surface area (Å²) in [7, 11) is 1.59. The number of nitrogens with zero attached hydrogens (tertiary/aromatic N) is 1. The van der Waals surface area contributed by atoms with Crippen LogP contribution in [0.4, 0.5) is 18.9 Å². The van der Waals surface area contributed by atoms with Crippen molar-refractivity contribution in [1.82, 2.24) is 5.48 Å². The molecule has 0 aliphatic heterocycles. The molecule has 0 heterocycles. The molecule has 0 saturated carbocycles. The van der Waals surface area contributed by atoms with E-state index in [1.54, 1.807) is 49.6 Å². The van der Waals surface area contributed by atoms with E-state index in [-0.39, 0.29) is 6.54 Å². The summed E-state index contributed by atoms with van der Waals surface area (Å²) in [5.74, 6) is -2.64. The van der Waals surface area contributed by atoms with Crippen LogP contribution in [-0.2, 0) is 32.3 Å². The minimum Gasteiger partial charge on any atom is -0.497 e. The predicted octanol–water partition coefficient (Wildman–Crippen LogP) is 6.06. The number of carbonyl (C=O) groups excluding carboxylic acids is 3. The van der Waals surface area contributed by atoms with Gasteiger partial charge in [-0.25, -0.2) is 4.79 Å². The summed E-state index contributed by atoms with van der Waals surface area (Å²) < 4.78 is 48.6. The Hall–Kier alpha value is -5.36. The Balaban J connectivity index is 1.58. The molecule has 9 nitrogen and oxygen atoms in total. The number of ether oxygens (including phenoxy) is 2. The molecule has 4 aromatic rings. The first-order chi connectivity index (χ1) is 21.6. The topological polar surface area (TPSA) is 120 Å². The van der Waals surface area contributed by atoms with Crippen LogP contribution in [0.2, 0.25) is 0 Å². The van der Waals surface area contributed by atoms with Crippen LogP contribution in [0, 0.1) is 0 Å². The van der Waals surface area contributed by atoms with Crippen molar-refractivity contribution in [3.8, 4) is 28.4 Å². The molecule has 3 N–H and O–H groups in total. The Kier molecular flexibility index (Phi) is 10.8. The van der Waals surface area contributed by atoms with Gasteiger partial charge in [-0.15, -0.1) is 0 Å². The van der Waals surface area contributed by atoms with Crippen molar-refractivity contribution in [2.45, 2.75) is 32.1 Å². The largest absolute Gasteiger partial charge is 0.497 e. The van der Waals surface area contributed by atoms with Crippen molar-refractivity contribution in [1.29, 1.82) is 0 Å². The maximum Gasteiger partial charge on any atom is 0.493 e. The Bertz CT molecular complexity index is 1640. The number of hydrogen-bond acceptors (Lipinski definition) is 7. The van der Waals surface area contributed by atoms with Gasteiger partial charge >= 0.3 is 12.1 Å². The van der Waals surface area contributed by atoms with Crippen LogP contribution in [0.5, 0.6) is 17.2 Å². The number of para-hydroxylation sites is 2. The van der Waals surface area contributed by atoms with Crippen molar-refractivity contribution in [3.05, 3.63) is 108 Å². The monoisotopic (exact) mass is 621 g/mol. The minimum absolute atomic E-state index is 0.0745. The van der Waals surface area contributed by atoms with Crippen LogP contribution in [0.25, 0.3) is 11.1 Å². The number of hydroxylamine groups is 1. The molecule has 0 unspecified atom stereocenters. The van der Waals surface area contributed by atoms with E-state index in [9.17, 15) is 27.6 Å². The molecule has 0 aliphatic carbocycles. The van der Waals surface area contributed by atoms with Gasteiger partial charge in [-0.1, -0.05) is 60.7 Å². The van der Waals surface area contributed by atoms with E-state index in [0.29, 0.717) is 29.5 Å². The Morgan fingerprint density at radius 1 is 0.800 bits per heavy atom. The van der Waals surface area contributed by atoms with Gasteiger partial charge in [-0.2, -0.15) is 18.7 Å². The number of halogens is 3. The third kappa shape index (κ3) is 9.07. The molecular weight excluding hydrogens is 591 g/mol. The first-order valence-corrected chi connectivity index (χ1v) is 13.7. The maximum atomic E-state index is 13.6. The average Bonchev–Trinajstić information content (AvgIpc) is 3.05. The second kappa shape index (κ2) is 14.9. The van der Waals surface area contributed by atoms with E-state index in [1.807, 2.05) is 54.6 Å². The molecule has 0 radical (unpaired) electrons. The summed E-state index contributed by atoms with van der Waals surface area (Å²) in [5, 5.41) is 0. The number of hydrogen-bond donors (Lipinski definition) is 2. The SMILES string of the molecule is COc1cccc(-c2ccc(CN(C(=O)CCC(=O)NOC(=O)C(F)(F)F)c3ccccc3Oc3cccc(CN)c3)cc2)c1. The smallest absolute Gasteiger partial charge is 0.493 e. The van der Waals surface area contributed by atoms with Crippen molar-refractivity contribution >= 4 is 23.5 Å². The average molecular weight is 622 g/mol. The number of amides is 2. The molecule has 4 rings (SSSR count). The fourth-order valence-electron chi connectivity index (χ4n) is 4.29. The highest BCUT2D eigenvalue weighted by atomic mass is 19.4. The lowest BCUT2D eigenvalue weighted by atomic mass is 10.0. The minimum atomic E-state index is -5.28. The zero-order valence-corrected chi connectivity index (χ0v) is 24.2. The molecule has 0 fully saturated rings. The van der Waals surface area contributed by atoms with Gasteiger partial charge in [0.2, 0.25) is 5.91 Å². The fourth-order valence-corrected chi connectivity index (χ4v) is 4.29. The second-order valence-corrected chi connectivity index (χ2v) is 9.74. The number of rotatable bonds is 11. The van der Waals surface area contributed by atoms with Crippen molar-refractivity contribution in [2.24, 2.45) is 5.73 Å². The summed E-state index contributed by atoms with van der Waals surface area (Å²) in [6.45, 7) is 0.376. The molecule has 4 aromatic carbocycles. The molecule has 0 atom stereocenters. The zero-order chi connectivity index (χ0) is 32.4. The van der Waals surface area contributed by atoms with E-state index in [2.05, 4.69) is 4.84 Å². The van der Waals surface area contributed by atoms with E-state index < -0.39 is 36.8 Å². The number of alkyl halides is 3. The zero-order valence-electron chi connectivity index (χ0n) is 24.2. The highest BCUT2D eigenvalue weighted by Gasteiger charge is 2.42. The number of methoxy groups -OCH3 is 1. The van der Waals surface area contributed by atoms with Crippen LogP contribution in [0.15, 0.2) is 97.1 Å². The van der Waals surface area contributed by atoms with Crippen LogP contribution in [0.1, 0.15) is 24.0 Å². The normalized spacial score (nSPS) is 11.0. The lowest BCUT2D eigenvalue weighted by Gasteiger charge is -2.25. The van der Waals surface area contributed by atoms with Gasteiger partial charge in [0.05, 0.1) is 19.3 Å². The number of nitrogens with one attached hydrogen (secondary N) is 1. The summed E-state index contributed by atoms with van der Waals surface area (Å²) >= 11 is 0. The highest BCUT2D eigenvalue weighted by Crippen LogP contribution is 2.34. The van der Waals surface area contributed by atoms with Crippen LogP contribution >= 0.6 is 0 Å². The molecule has 0 aliphatic rings. The molecule has 0 aromatic heterocycles. The van der Waals surface area contributed by atoms with E-state index in [4.69, 9.17) is 15.2 Å². The molecule has 45 heavy (non-hydrogen) atoms. The van der Waals surface area contributed by atoms with Gasteiger partial charge in [-0.05, 0) is 58.7 Å². The van der Waals surface area contributed by atoms with Gasteiger partial charge in [-0.3, -0.25) is 9.59 Å². The molecule has 12 heteroatoms. The van der Waals surface area contributed by atoms with E-state index in [1.165, 1.54) is 10.4 Å².